The van der Waals surface area contributed by atoms with Gasteiger partial charge in [-0.15, -0.1) is 0 Å². The maximum absolute atomic E-state index is 10.4. The van der Waals surface area contributed by atoms with Gasteiger partial charge in [0.1, 0.15) is 0 Å². The number of hydrogen-bond acceptors (Lipinski definition) is 2. The van der Waals surface area contributed by atoms with Crippen LogP contribution in [0.25, 0.3) is 0 Å². The minimum absolute atomic E-state index is 0.346. The lowest BCUT2D eigenvalue weighted by molar-refractivity contribution is -0.137. The zero-order valence-corrected chi connectivity index (χ0v) is 6.32. The Balaban J connectivity index is 1.85. The molecule has 11 heavy (non-hydrogen) atoms. The maximum Gasteiger partial charge on any atom is 0.303 e. The molecule has 2 fully saturated rings. The van der Waals surface area contributed by atoms with Crippen molar-refractivity contribution in [3.63, 3.8) is 0 Å². The van der Waals surface area contributed by atoms with Crippen molar-refractivity contribution >= 4 is 5.97 Å². The van der Waals surface area contributed by atoms with Crippen LogP contribution in [0.3, 0.4) is 0 Å². The van der Waals surface area contributed by atoms with Crippen LogP contribution in [0.1, 0.15) is 12.8 Å². The summed E-state index contributed by atoms with van der Waals surface area (Å²) in [7, 11) is 0. The molecule has 0 aromatic carbocycles. The fourth-order valence-electron chi connectivity index (χ4n) is 2.14. The van der Waals surface area contributed by atoms with Gasteiger partial charge in [-0.05, 0) is 24.2 Å². The van der Waals surface area contributed by atoms with Crippen LogP contribution in [-0.4, -0.2) is 24.3 Å². The monoisotopic (exact) mass is 156 g/mol. The highest BCUT2D eigenvalue weighted by molar-refractivity contribution is 5.67. The summed E-state index contributed by atoms with van der Waals surface area (Å²) in [5.74, 6) is 0.999. The second-order valence-electron chi connectivity index (χ2n) is 3.45. The number of carboxylic acid groups (broad SMARTS) is 1. The summed E-state index contributed by atoms with van der Waals surface area (Å²) in [6, 6.07) is 0. The molecule has 62 valence electrons. The highest BCUT2D eigenvalue weighted by atomic mass is 16.5. The fourth-order valence-corrected chi connectivity index (χ4v) is 2.14. The predicted molar refractivity (Wildman–Crippen MR) is 38.2 cm³/mol. The van der Waals surface area contributed by atoms with Crippen molar-refractivity contribution in [2.75, 3.05) is 13.2 Å². The normalized spacial score (nSPS) is 41.3. The van der Waals surface area contributed by atoms with E-state index in [1.54, 1.807) is 0 Å². The predicted octanol–water partition coefficient (Wildman–Crippen LogP) is 0.744. The van der Waals surface area contributed by atoms with E-state index < -0.39 is 5.97 Å². The van der Waals surface area contributed by atoms with Crippen LogP contribution in [0, 0.1) is 17.8 Å². The van der Waals surface area contributed by atoms with Crippen molar-refractivity contribution in [3.8, 4) is 0 Å². The average molecular weight is 156 g/mol. The molecule has 0 amide bonds. The third kappa shape index (κ3) is 1.25. The van der Waals surface area contributed by atoms with E-state index in [0.29, 0.717) is 24.2 Å². The van der Waals surface area contributed by atoms with Gasteiger partial charge in [-0.1, -0.05) is 0 Å². The minimum Gasteiger partial charge on any atom is -0.481 e. The third-order valence-electron chi connectivity index (χ3n) is 2.83. The molecule has 1 saturated heterocycles. The van der Waals surface area contributed by atoms with Gasteiger partial charge in [-0.2, -0.15) is 0 Å². The van der Waals surface area contributed by atoms with Gasteiger partial charge in [0.25, 0.3) is 0 Å². The lowest BCUT2D eigenvalue weighted by Crippen LogP contribution is -2.07. The lowest BCUT2D eigenvalue weighted by Gasteiger charge is -2.07. The molecule has 0 bridgehead atoms. The average Bonchev–Trinajstić information content (AvgIpc) is 2.64. The highest BCUT2D eigenvalue weighted by Gasteiger charge is 2.51. The summed E-state index contributed by atoms with van der Waals surface area (Å²) in [4.78, 5) is 10.4. The second-order valence-corrected chi connectivity index (χ2v) is 3.45. The first-order valence-corrected chi connectivity index (χ1v) is 4.08. The van der Waals surface area contributed by atoms with Crippen LogP contribution >= 0.6 is 0 Å². The summed E-state index contributed by atoms with van der Waals surface area (Å²) in [5, 5.41) is 8.53. The van der Waals surface area contributed by atoms with Crippen molar-refractivity contribution in [1.82, 2.24) is 0 Å². The SMILES string of the molecule is O=C(O)CC1C2CCOCC21. The number of carbonyl (C=O) groups is 1. The van der Waals surface area contributed by atoms with Gasteiger partial charge in [0.05, 0.1) is 0 Å². The largest absolute Gasteiger partial charge is 0.481 e. The zero-order chi connectivity index (χ0) is 7.84. The fraction of sp³-hybridized carbons (Fsp3) is 0.875. The number of ether oxygens (including phenoxy) is 1. The molecule has 2 rings (SSSR count). The van der Waals surface area contributed by atoms with E-state index in [9.17, 15) is 4.79 Å². The Labute approximate surface area is 65.4 Å². The van der Waals surface area contributed by atoms with Gasteiger partial charge in [0.15, 0.2) is 0 Å². The molecule has 2 aliphatic rings. The van der Waals surface area contributed by atoms with E-state index in [1.807, 2.05) is 0 Å². The molecule has 0 aromatic heterocycles. The first-order chi connectivity index (χ1) is 5.29. The minimum atomic E-state index is -0.663. The lowest BCUT2D eigenvalue weighted by atomic mass is 10.2. The summed E-state index contributed by atoms with van der Waals surface area (Å²) >= 11 is 0. The van der Waals surface area contributed by atoms with E-state index in [0.717, 1.165) is 19.6 Å². The van der Waals surface area contributed by atoms with E-state index in [4.69, 9.17) is 9.84 Å². The van der Waals surface area contributed by atoms with Crippen molar-refractivity contribution < 1.29 is 14.6 Å². The van der Waals surface area contributed by atoms with E-state index in [-0.39, 0.29) is 0 Å². The number of rotatable bonds is 2. The molecule has 1 heterocycles. The maximum atomic E-state index is 10.4. The quantitative estimate of drug-likeness (QED) is 0.641. The summed E-state index contributed by atoms with van der Waals surface area (Å²) in [6.07, 6.45) is 1.42. The van der Waals surface area contributed by atoms with Crippen molar-refractivity contribution in [2.24, 2.45) is 17.8 Å². The Morgan fingerprint density at radius 2 is 2.36 bits per heavy atom. The van der Waals surface area contributed by atoms with Gasteiger partial charge < -0.3 is 9.84 Å². The van der Waals surface area contributed by atoms with Gasteiger partial charge >= 0.3 is 5.97 Å². The second kappa shape index (κ2) is 2.48. The molecule has 0 spiro atoms. The standard InChI is InChI=1S/C8H12O3/c9-8(10)3-6-5-1-2-11-4-7(5)6/h5-7H,1-4H2,(H,9,10). The van der Waals surface area contributed by atoms with Crippen LogP contribution in [0.15, 0.2) is 0 Å². The van der Waals surface area contributed by atoms with Crippen LogP contribution in [0.2, 0.25) is 0 Å². The molecule has 1 aliphatic carbocycles. The third-order valence-corrected chi connectivity index (χ3v) is 2.83. The van der Waals surface area contributed by atoms with Crippen molar-refractivity contribution in [2.45, 2.75) is 12.8 Å². The topological polar surface area (TPSA) is 46.5 Å². The molecule has 0 aromatic rings. The molecule has 3 atom stereocenters. The molecule has 0 radical (unpaired) electrons. The van der Waals surface area contributed by atoms with E-state index >= 15 is 0 Å². The Bertz CT molecular complexity index is 166. The van der Waals surface area contributed by atoms with Crippen LogP contribution in [-0.2, 0) is 9.53 Å². The molecule has 3 heteroatoms. The molecular weight excluding hydrogens is 144 g/mol. The number of fused-ring (bicyclic) bond motifs is 1. The molecule has 3 nitrogen and oxygen atoms in total. The molecule has 1 aliphatic heterocycles. The highest BCUT2D eigenvalue weighted by Crippen LogP contribution is 2.52. The molecule has 3 unspecified atom stereocenters. The Morgan fingerprint density at radius 3 is 2.91 bits per heavy atom. The molecule has 1 N–H and O–H groups in total. The first-order valence-electron chi connectivity index (χ1n) is 4.08. The van der Waals surface area contributed by atoms with Crippen LogP contribution in [0.4, 0.5) is 0 Å². The van der Waals surface area contributed by atoms with Crippen LogP contribution in [0.5, 0.6) is 0 Å². The first kappa shape index (κ1) is 7.10. The Morgan fingerprint density at radius 1 is 1.55 bits per heavy atom. The van der Waals surface area contributed by atoms with Gasteiger partial charge in [0.2, 0.25) is 0 Å². The zero-order valence-electron chi connectivity index (χ0n) is 6.32. The summed E-state index contributed by atoms with van der Waals surface area (Å²) in [6.45, 7) is 1.62. The number of carboxylic acids is 1. The summed E-state index contributed by atoms with van der Waals surface area (Å²) in [5.41, 5.74) is 0. The van der Waals surface area contributed by atoms with Gasteiger partial charge in [-0.3, -0.25) is 4.79 Å². The Kier molecular flexibility index (Phi) is 1.60. The van der Waals surface area contributed by atoms with Crippen LogP contribution < -0.4 is 0 Å². The van der Waals surface area contributed by atoms with Crippen molar-refractivity contribution in [3.05, 3.63) is 0 Å². The molecule has 1 saturated carbocycles. The summed E-state index contributed by atoms with van der Waals surface area (Å²) < 4.78 is 5.24. The van der Waals surface area contributed by atoms with E-state index in [2.05, 4.69) is 0 Å². The Hall–Kier alpha value is -0.570. The number of hydrogen-bond donors (Lipinski definition) is 1. The molecular formula is C8H12O3. The number of aliphatic carboxylic acids is 1. The van der Waals surface area contributed by atoms with Gasteiger partial charge in [-0.25, -0.2) is 0 Å². The van der Waals surface area contributed by atoms with E-state index in [1.165, 1.54) is 0 Å². The van der Waals surface area contributed by atoms with Crippen molar-refractivity contribution in [1.29, 1.82) is 0 Å². The smallest absolute Gasteiger partial charge is 0.303 e. The van der Waals surface area contributed by atoms with Gasteiger partial charge in [0, 0.05) is 19.6 Å².